The van der Waals surface area contributed by atoms with Gasteiger partial charge in [-0.2, -0.15) is 0 Å². The lowest BCUT2D eigenvalue weighted by atomic mass is 10.1. The van der Waals surface area contributed by atoms with Crippen LogP contribution in [0.1, 0.15) is 23.9 Å². The molecule has 0 unspecified atom stereocenters. The maximum absolute atomic E-state index is 12.1. The third kappa shape index (κ3) is 3.91. The Labute approximate surface area is 150 Å². The van der Waals surface area contributed by atoms with Gasteiger partial charge >= 0.3 is 5.97 Å². The summed E-state index contributed by atoms with van der Waals surface area (Å²) < 4.78 is 10.7. The van der Waals surface area contributed by atoms with Crippen LogP contribution in [0.2, 0.25) is 0 Å². The van der Waals surface area contributed by atoms with Crippen molar-refractivity contribution in [1.29, 1.82) is 0 Å². The minimum absolute atomic E-state index is 0.114. The van der Waals surface area contributed by atoms with E-state index in [1.54, 1.807) is 12.1 Å². The fraction of sp³-hybridized carbons (Fsp3) is 0.250. The van der Waals surface area contributed by atoms with Crippen LogP contribution >= 0.6 is 0 Å². The summed E-state index contributed by atoms with van der Waals surface area (Å²) in [6.07, 6.45) is 0.812. The zero-order valence-corrected chi connectivity index (χ0v) is 14.7. The number of rotatable bonds is 6. The van der Waals surface area contributed by atoms with E-state index in [4.69, 9.17) is 9.47 Å². The van der Waals surface area contributed by atoms with Crippen LogP contribution in [0.25, 0.3) is 10.9 Å². The van der Waals surface area contributed by atoms with Crippen molar-refractivity contribution in [2.24, 2.45) is 0 Å². The average molecular weight is 352 g/mol. The van der Waals surface area contributed by atoms with Gasteiger partial charge in [0.25, 0.3) is 5.56 Å². The highest BCUT2D eigenvalue weighted by molar-refractivity contribution is 5.80. The van der Waals surface area contributed by atoms with Gasteiger partial charge in [0.1, 0.15) is 18.2 Å². The maximum atomic E-state index is 12.1. The first kappa shape index (κ1) is 17.7. The SMILES string of the molecule is CCc1ccccc1OCC(=O)OCc1nc2c(C)cccc2c(=O)[nH]1. The zero-order chi connectivity index (χ0) is 18.5. The van der Waals surface area contributed by atoms with Crippen LogP contribution in [0.15, 0.2) is 47.3 Å². The first-order chi connectivity index (χ1) is 12.6. The maximum Gasteiger partial charge on any atom is 0.344 e. The molecule has 6 heteroatoms. The van der Waals surface area contributed by atoms with Gasteiger partial charge in [0.05, 0.1) is 10.9 Å². The molecular formula is C20H20N2O4. The molecule has 0 aliphatic rings. The quantitative estimate of drug-likeness (QED) is 0.690. The van der Waals surface area contributed by atoms with Crippen molar-refractivity contribution >= 4 is 16.9 Å². The largest absolute Gasteiger partial charge is 0.482 e. The van der Waals surface area contributed by atoms with E-state index >= 15 is 0 Å². The van der Waals surface area contributed by atoms with Gasteiger partial charge in [-0.25, -0.2) is 9.78 Å². The number of fused-ring (bicyclic) bond motifs is 1. The van der Waals surface area contributed by atoms with Crippen LogP contribution in [-0.2, 0) is 22.6 Å². The number of hydrogen-bond acceptors (Lipinski definition) is 5. The smallest absolute Gasteiger partial charge is 0.344 e. The number of carbonyl (C=O) groups is 1. The summed E-state index contributed by atoms with van der Waals surface area (Å²) in [4.78, 5) is 31.1. The minimum Gasteiger partial charge on any atom is -0.482 e. The molecule has 3 aromatic rings. The predicted molar refractivity (Wildman–Crippen MR) is 98.2 cm³/mol. The van der Waals surface area contributed by atoms with Crippen molar-refractivity contribution in [2.75, 3.05) is 6.61 Å². The van der Waals surface area contributed by atoms with E-state index in [2.05, 4.69) is 9.97 Å². The number of nitrogens with zero attached hydrogens (tertiary/aromatic N) is 1. The van der Waals surface area contributed by atoms with E-state index in [0.717, 1.165) is 17.5 Å². The van der Waals surface area contributed by atoms with Gasteiger partial charge in [0.2, 0.25) is 0 Å². The first-order valence-corrected chi connectivity index (χ1v) is 8.43. The van der Waals surface area contributed by atoms with Gasteiger partial charge < -0.3 is 14.5 Å². The molecule has 0 amide bonds. The van der Waals surface area contributed by atoms with E-state index in [0.29, 0.717) is 22.5 Å². The lowest BCUT2D eigenvalue weighted by Gasteiger charge is -2.10. The van der Waals surface area contributed by atoms with Gasteiger partial charge in [-0.05, 0) is 36.6 Å². The number of hydrogen-bond donors (Lipinski definition) is 1. The summed E-state index contributed by atoms with van der Waals surface area (Å²) in [5.41, 5.74) is 2.27. The van der Waals surface area contributed by atoms with Gasteiger partial charge in [-0.1, -0.05) is 37.3 Å². The molecule has 2 aromatic carbocycles. The highest BCUT2D eigenvalue weighted by Gasteiger charge is 2.10. The number of aromatic amines is 1. The number of nitrogens with one attached hydrogen (secondary N) is 1. The van der Waals surface area contributed by atoms with Crippen molar-refractivity contribution in [1.82, 2.24) is 9.97 Å². The van der Waals surface area contributed by atoms with E-state index < -0.39 is 5.97 Å². The average Bonchev–Trinajstić information content (AvgIpc) is 2.65. The van der Waals surface area contributed by atoms with Crippen LogP contribution in [0.5, 0.6) is 5.75 Å². The molecule has 3 rings (SSSR count). The highest BCUT2D eigenvalue weighted by atomic mass is 16.6. The van der Waals surface area contributed by atoms with Crippen LogP contribution in [0, 0.1) is 6.92 Å². The second-order valence-corrected chi connectivity index (χ2v) is 5.89. The number of ether oxygens (including phenoxy) is 2. The summed E-state index contributed by atoms with van der Waals surface area (Å²) in [5, 5.41) is 0.514. The molecule has 0 saturated heterocycles. The molecule has 26 heavy (non-hydrogen) atoms. The summed E-state index contributed by atoms with van der Waals surface area (Å²) in [6.45, 7) is 3.58. The van der Waals surface area contributed by atoms with Crippen LogP contribution in [0.3, 0.4) is 0 Å². The topological polar surface area (TPSA) is 81.3 Å². The molecule has 6 nitrogen and oxygen atoms in total. The van der Waals surface area contributed by atoms with Gasteiger partial charge in [0.15, 0.2) is 6.61 Å². The van der Waals surface area contributed by atoms with E-state index in [9.17, 15) is 9.59 Å². The Hall–Kier alpha value is -3.15. The van der Waals surface area contributed by atoms with E-state index in [-0.39, 0.29) is 18.8 Å². The third-order valence-electron chi connectivity index (χ3n) is 4.06. The molecule has 134 valence electrons. The summed E-state index contributed by atoms with van der Waals surface area (Å²) in [5.74, 6) is 0.447. The molecule has 1 N–H and O–H groups in total. The second kappa shape index (κ2) is 7.82. The van der Waals surface area contributed by atoms with E-state index in [1.807, 2.05) is 44.2 Å². The first-order valence-electron chi connectivity index (χ1n) is 8.43. The number of aromatic nitrogens is 2. The Balaban J connectivity index is 1.64. The normalized spacial score (nSPS) is 10.7. The predicted octanol–water partition coefficient (Wildman–Crippen LogP) is 2.92. The summed E-state index contributed by atoms with van der Waals surface area (Å²) >= 11 is 0. The number of para-hydroxylation sites is 2. The summed E-state index contributed by atoms with van der Waals surface area (Å²) in [6, 6.07) is 12.9. The van der Waals surface area contributed by atoms with Gasteiger partial charge in [-0.15, -0.1) is 0 Å². The molecule has 0 spiro atoms. The van der Waals surface area contributed by atoms with Crippen molar-refractivity contribution < 1.29 is 14.3 Å². The molecule has 0 aliphatic carbocycles. The zero-order valence-electron chi connectivity index (χ0n) is 14.7. The Bertz CT molecular complexity index is 995. The number of H-pyrrole nitrogens is 1. The van der Waals surface area contributed by atoms with Gasteiger partial charge in [-0.3, -0.25) is 4.79 Å². The van der Waals surface area contributed by atoms with E-state index in [1.165, 1.54) is 0 Å². The monoisotopic (exact) mass is 352 g/mol. The number of benzene rings is 2. The standard InChI is InChI=1S/C20H20N2O4/c1-3-14-8-4-5-10-16(14)25-12-18(23)26-11-17-21-19-13(2)7-6-9-15(19)20(24)22-17/h4-10H,3,11-12H2,1-2H3,(H,21,22,24). The molecule has 1 aromatic heterocycles. The summed E-state index contributed by atoms with van der Waals surface area (Å²) in [7, 11) is 0. The molecular weight excluding hydrogens is 332 g/mol. The molecule has 0 saturated carbocycles. The highest BCUT2D eigenvalue weighted by Crippen LogP contribution is 2.18. The van der Waals surface area contributed by atoms with Crippen molar-refractivity contribution in [3.63, 3.8) is 0 Å². The Kier molecular flexibility index (Phi) is 5.31. The number of carbonyl (C=O) groups excluding carboxylic acids is 1. The number of esters is 1. The van der Waals surface area contributed by atoms with Crippen molar-refractivity contribution in [3.05, 3.63) is 69.8 Å². The molecule has 1 heterocycles. The molecule has 0 atom stereocenters. The Morgan fingerprint density at radius 3 is 2.77 bits per heavy atom. The van der Waals surface area contributed by atoms with Crippen molar-refractivity contribution in [3.8, 4) is 5.75 Å². The number of aryl methyl sites for hydroxylation is 2. The minimum atomic E-state index is -0.525. The second-order valence-electron chi connectivity index (χ2n) is 5.89. The fourth-order valence-corrected chi connectivity index (χ4v) is 2.68. The van der Waals surface area contributed by atoms with Gasteiger partial charge in [0, 0.05) is 0 Å². The fourth-order valence-electron chi connectivity index (χ4n) is 2.68. The molecule has 0 radical (unpaired) electrons. The van der Waals surface area contributed by atoms with Crippen LogP contribution in [0.4, 0.5) is 0 Å². The third-order valence-corrected chi connectivity index (χ3v) is 4.06. The lowest BCUT2D eigenvalue weighted by Crippen LogP contribution is -2.18. The lowest BCUT2D eigenvalue weighted by molar-refractivity contribution is -0.147. The van der Waals surface area contributed by atoms with Crippen LogP contribution in [-0.4, -0.2) is 22.5 Å². The molecule has 0 aliphatic heterocycles. The van der Waals surface area contributed by atoms with Crippen LogP contribution < -0.4 is 10.3 Å². The molecule has 0 fully saturated rings. The Morgan fingerprint density at radius 2 is 1.96 bits per heavy atom. The Morgan fingerprint density at radius 1 is 1.15 bits per heavy atom. The van der Waals surface area contributed by atoms with Crippen molar-refractivity contribution in [2.45, 2.75) is 26.9 Å². The molecule has 0 bridgehead atoms.